The van der Waals surface area contributed by atoms with Crippen molar-refractivity contribution in [1.82, 2.24) is 0 Å². The Morgan fingerprint density at radius 3 is 2.71 bits per heavy atom. The normalized spacial score (nSPS) is 15.1. The summed E-state index contributed by atoms with van der Waals surface area (Å²) in [6, 6.07) is 6.28. The molecule has 0 amide bonds. The van der Waals surface area contributed by atoms with Gasteiger partial charge in [-0.05, 0) is 13.0 Å². The summed E-state index contributed by atoms with van der Waals surface area (Å²) < 4.78 is 24.7. The number of aliphatic hydroxyl groups excluding tert-OH is 1. The Hall–Kier alpha value is -0.740. The van der Waals surface area contributed by atoms with E-state index in [9.17, 15) is 8.60 Å². The highest BCUT2D eigenvalue weighted by Crippen LogP contribution is 2.21. The highest BCUT2D eigenvalue weighted by atomic mass is 32.2. The predicted molar refractivity (Wildman–Crippen MR) is 54.9 cm³/mol. The molecule has 0 unspecified atom stereocenters. The van der Waals surface area contributed by atoms with Gasteiger partial charge in [-0.3, -0.25) is 4.21 Å². The molecule has 0 radical (unpaired) electrons. The molecule has 1 N–H and O–H groups in total. The van der Waals surface area contributed by atoms with Crippen molar-refractivity contribution in [3.05, 3.63) is 35.6 Å². The maximum absolute atomic E-state index is 13.2. The van der Waals surface area contributed by atoms with Gasteiger partial charge in [-0.1, -0.05) is 18.2 Å². The summed E-state index contributed by atoms with van der Waals surface area (Å²) >= 11 is 0. The van der Waals surface area contributed by atoms with Gasteiger partial charge in [0.2, 0.25) is 0 Å². The van der Waals surface area contributed by atoms with Crippen molar-refractivity contribution in [3.63, 3.8) is 0 Å². The van der Waals surface area contributed by atoms with Crippen LogP contribution >= 0.6 is 0 Å². The van der Waals surface area contributed by atoms with Crippen LogP contribution < -0.4 is 0 Å². The van der Waals surface area contributed by atoms with Gasteiger partial charge < -0.3 is 5.11 Å². The first-order valence-electron chi connectivity index (χ1n) is 4.39. The number of benzene rings is 1. The van der Waals surface area contributed by atoms with Crippen LogP contribution in [0.15, 0.2) is 24.3 Å². The minimum absolute atomic E-state index is 0.134. The number of hydrogen-bond donors (Lipinski definition) is 1. The molecule has 78 valence electrons. The molecule has 0 bridgehead atoms. The molecule has 14 heavy (non-hydrogen) atoms. The van der Waals surface area contributed by atoms with Gasteiger partial charge in [0, 0.05) is 22.1 Å². The molecule has 0 saturated carbocycles. The van der Waals surface area contributed by atoms with Gasteiger partial charge in [0.05, 0.1) is 11.9 Å². The third-order valence-electron chi connectivity index (χ3n) is 2.03. The molecule has 0 heterocycles. The molecular weight excluding hydrogens is 203 g/mol. The van der Waals surface area contributed by atoms with Crippen LogP contribution in [0.25, 0.3) is 0 Å². The number of hydrogen-bond acceptors (Lipinski definition) is 2. The van der Waals surface area contributed by atoms with Gasteiger partial charge in [0.15, 0.2) is 0 Å². The average Bonchev–Trinajstić information content (AvgIpc) is 2.18. The van der Waals surface area contributed by atoms with Gasteiger partial charge in [-0.15, -0.1) is 0 Å². The fraction of sp³-hybridized carbons (Fsp3) is 0.400. The van der Waals surface area contributed by atoms with Crippen molar-refractivity contribution in [2.75, 3.05) is 12.4 Å². The zero-order valence-electron chi connectivity index (χ0n) is 7.94. The third-order valence-corrected chi connectivity index (χ3v) is 3.66. The molecule has 0 aromatic heterocycles. The van der Waals surface area contributed by atoms with Crippen LogP contribution in [0.3, 0.4) is 0 Å². The summed E-state index contributed by atoms with van der Waals surface area (Å²) in [5.74, 6) is -0.151. The lowest BCUT2D eigenvalue weighted by atomic mass is 10.1. The van der Waals surface area contributed by atoms with E-state index < -0.39 is 10.8 Å². The average molecular weight is 216 g/mol. The lowest BCUT2D eigenvalue weighted by Crippen LogP contribution is -2.10. The van der Waals surface area contributed by atoms with Gasteiger partial charge >= 0.3 is 0 Å². The first kappa shape index (κ1) is 11.3. The van der Waals surface area contributed by atoms with Crippen LogP contribution in [0.2, 0.25) is 0 Å². The smallest absolute Gasteiger partial charge is 0.127 e. The second kappa shape index (κ2) is 5.22. The number of halogens is 1. The fourth-order valence-electron chi connectivity index (χ4n) is 1.21. The Morgan fingerprint density at radius 1 is 1.50 bits per heavy atom. The van der Waals surface area contributed by atoms with Gasteiger partial charge in [0.25, 0.3) is 0 Å². The van der Waals surface area contributed by atoms with E-state index in [0.29, 0.717) is 5.56 Å². The third kappa shape index (κ3) is 2.62. The van der Waals surface area contributed by atoms with Crippen molar-refractivity contribution < 1.29 is 13.7 Å². The van der Waals surface area contributed by atoms with Crippen LogP contribution in [0.5, 0.6) is 0 Å². The molecule has 0 spiro atoms. The van der Waals surface area contributed by atoms with Gasteiger partial charge in [0.1, 0.15) is 5.82 Å². The van der Waals surface area contributed by atoms with Crippen molar-refractivity contribution in [1.29, 1.82) is 0 Å². The molecule has 2 atom stereocenters. The quantitative estimate of drug-likeness (QED) is 0.830. The molecule has 0 aliphatic heterocycles. The minimum atomic E-state index is -1.22. The lowest BCUT2D eigenvalue weighted by molar-refractivity contribution is 0.321. The summed E-state index contributed by atoms with van der Waals surface area (Å²) in [4.78, 5) is 0. The van der Waals surface area contributed by atoms with Crippen LogP contribution in [0.1, 0.15) is 17.7 Å². The molecule has 1 rings (SSSR count). The second-order valence-corrected chi connectivity index (χ2v) is 4.85. The zero-order chi connectivity index (χ0) is 10.6. The standard InChI is InChI=1S/C10H13FO2S/c1-8(14(13)7-6-12)9-4-2-3-5-10(9)11/h2-5,8,12H,6-7H2,1H3/t8-,14+/m1/s1. The Balaban J connectivity index is 2.84. The SMILES string of the molecule is C[C@H](c1ccccc1F)[S@@](=O)CCO. The van der Waals surface area contributed by atoms with Gasteiger partial charge in [-0.2, -0.15) is 0 Å². The highest BCUT2D eigenvalue weighted by Gasteiger charge is 2.15. The van der Waals surface area contributed by atoms with E-state index in [4.69, 9.17) is 5.11 Å². The molecule has 0 saturated heterocycles. The fourth-order valence-corrected chi connectivity index (χ4v) is 2.22. The summed E-state index contributed by atoms with van der Waals surface area (Å²) in [7, 11) is -1.22. The maximum atomic E-state index is 13.2. The van der Waals surface area contributed by atoms with E-state index in [0.717, 1.165) is 0 Å². The highest BCUT2D eigenvalue weighted by molar-refractivity contribution is 7.85. The molecular formula is C10H13FO2S. The first-order valence-corrected chi connectivity index (χ1v) is 5.77. The van der Waals surface area contributed by atoms with Crippen molar-refractivity contribution in [2.45, 2.75) is 12.2 Å². The van der Waals surface area contributed by atoms with E-state index in [-0.39, 0.29) is 23.4 Å². The molecule has 0 aliphatic carbocycles. The Bertz CT molecular complexity index is 328. The number of aliphatic hydroxyl groups is 1. The molecule has 0 aliphatic rings. The van der Waals surface area contributed by atoms with Gasteiger partial charge in [-0.25, -0.2) is 4.39 Å². The largest absolute Gasteiger partial charge is 0.395 e. The van der Waals surface area contributed by atoms with E-state index >= 15 is 0 Å². The Morgan fingerprint density at radius 2 is 2.14 bits per heavy atom. The predicted octanol–water partition coefficient (Wildman–Crippen LogP) is 1.63. The van der Waals surface area contributed by atoms with E-state index in [1.54, 1.807) is 25.1 Å². The van der Waals surface area contributed by atoms with E-state index in [2.05, 4.69) is 0 Å². The summed E-state index contributed by atoms with van der Waals surface area (Å²) in [6.45, 7) is 1.57. The molecule has 2 nitrogen and oxygen atoms in total. The van der Waals surface area contributed by atoms with Crippen LogP contribution in [-0.2, 0) is 10.8 Å². The topological polar surface area (TPSA) is 37.3 Å². The summed E-state index contributed by atoms with van der Waals surface area (Å²) in [5.41, 5.74) is 0.444. The molecule has 0 fully saturated rings. The summed E-state index contributed by atoms with van der Waals surface area (Å²) in [6.07, 6.45) is 0. The van der Waals surface area contributed by atoms with Crippen molar-refractivity contribution in [2.24, 2.45) is 0 Å². The molecule has 1 aromatic carbocycles. The zero-order valence-corrected chi connectivity index (χ0v) is 8.76. The second-order valence-electron chi connectivity index (χ2n) is 2.97. The Labute approximate surface area is 85.2 Å². The van der Waals surface area contributed by atoms with Crippen molar-refractivity contribution >= 4 is 10.8 Å². The van der Waals surface area contributed by atoms with Crippen LogP contribution in [-0.4, -0.2) is 21.7 Å². The molecule has 1 aromatic rings. The van der Waals surface area contributed by atoms with Crippen LogP contribution in [0, 0.1) is 5.82 Å². The first-order chi connectivity index (χ1) is 6.66. The van der Waals surface area contributed by atoms with Crippen LogP contribution in [0.4, 0.5) is 4.39 Å². The minimum Gasteiger partial charge on any atom is -0.395 e. The monoisotopic (exact) mass is 216 g/mol. The summed E-state index contributed by atoms with van der Waals surface area (Å²) in [5, 5.41) is 8.24. The lowest BCUT2D eigenvalue weighted by Gasteiger charge is -2.11. The maximum Gasteiger partial charge on any atom is 0.127 e. The number of rotatable bonds is 4. The van der Waals surface area contributed by atoms with E-state index in [1.165, 1.54) is 6.07 Å². The van der Waals surface area contributed by atoms with E-state index in [1.807, 2.05) is 0 Å². The Kier molecular flexibility index (Phi) is 4.22. The molecule has 4 heteroatoms. The van der Waals surface area contributed by atoms with Crippen molar-refractivity contribution in [3.8, 4) is 0 Å².